The number of halogens is 1. The van der Waals surface area contributed by atoms with Crippen molar-refractivity contribution in [2.24, 2.45) is 0 Å². The maximum absolute atomic E-state index is 12.0. The quantitative estimate of drug-likeness (QED) is 0.0309. The largest absolute Gasteiger partial charge is 0.481 e. The Bertz CT molecular complexity index is 7080. The zero-order valence-corrected chi connectivity index (χ0v) is 72.5. The van der Waals surface area contributed by atoms with Gasteiger partial charge in [0, 0.05) is 60.0 Å². The van der Waals surface area contributed by atoms with Crippen molar-refractivity contribution in [2.45, 2.75) is 95.0 Å². The lowest BCUT2D eigenvalue weighted by Gasteiger charge is -2.12. The SMILES string of the molecule is COc1nc(-c2ccc(C)cc2)c([N+](=O)[O-])c2ccc(C)cc12.Cc1ccc(-c2cc3ccc(C)cc3c(S(=O)(=O)O)n2)cc1.Cc1ccc(-c2nc(Cl)c3cc(C)ccc3c2[N+](=O)[O-])cc1.Cc1ccc(-c2nc(SCc3ccccc3)c3cc(C)ccc3c2[N+](=O)[O-])cc1.Cc1ccc(-c2nc(Sc3ccccc3)c3cc(C)ccc3c2[N+](=O)[O-])cc1. The molecule has 1 N–H and O–H groups in total. The molecule has 0 aliphatic heterocycles. The molecule has 0 radical (unpaired) electrons. The van der Waals surface area contributed by atoms with Crippen LogP contribution in [-0.4, -0.2) is 64.7 Å². The van der Waals surface area contributed by atoms with Crippen molar-refractivity contribution in [3.63, 3.8) is 0 Å². The van der Waals surface area contributed by atoms with Crippen molar-refractivity contribution in [3.05, 3.63) is 386 Å². The van der Waals surface area contributed by atoms with Gasteiger partial charge in [0.25, 0.3) is 0 Å². The Morgan fingerprint density at radius 1 is 0.347 bits per heavy atom. The van der Waals surface area contributed by atoms with E-state index in [0.29, 0.717) is 83.2 Å². The van der Waals surface area contributed by atoms with Crippen LogP contribution < -0.4 is 4.74 Å². The molecular formula is C99H82ClN9O12S3. The van der Waals surface area contributed by atoms with Crippen LogP contribution in [0.25, 0.3) is 110 Å². The van der Waals surface area contributed by atoms with Gasteiger partial charge in [-0.15, -0.1) is 11.8 Å². The van der Waals surface area contributed by atoms with Gasteiger partial charge in [-0.3, -0.25) is 45.0 Å². The molecule has 0 aliphatic rings. The second kappa shape index (κ2) is 38.4. The van der Waals surface area contributed by atoms with E-state index in [2.05, 4.69) is 27.1 Å². The molecule has 17 rings (SSSR count). The van der Waals surface area contributed by atoms with Crippen LogP contribution in [0.1, 0.15) is 61.2 Å². The van der Waals surface area contributed by atoms with E-state index in [1.54, 1.807) is 30.0 Å². The highest BCUT2D eigenvalue weighted by Crippen LogP contribution is 2.46. The second-order valence-corrected chi connectivity index (χ2v) is 33.6. The Balaban J connectivity index is 0.000000134. The Kier molecular flexibility index (Phi) is 27.2. The first-order valence-electron chi connectivity index (χ1n) is 39.1. The minimum Gasteiger partial charge on any atom is -0.481 e. The first kappa shape index (κ1) is 87.8. The van der Waals surface area contributed by atoms with Gasteiger partial charge < -0.3 is 4.74 Å². The molecule has 0 unspecified atom stereocenters. The van der Waals surface area contributed by atoms with Gasteiger partial charge in [0.15, 0.2) is 16.4 Å². The van der Waals surface area contributed by atoms with Crippen LogP contribution in [0.15, 0.2) is 299 Å². The van der Waals surface area contributed by atoms with Crippen LogP contribution in [0, 0.1) is 110 Å². The summed E-state index contributed by atoms with van der Waals surface area (Å²) in [7, 11) is -2.87. The van der Waals surface area contributed by atoms with E-state index in [4.69, 9.17) is 26.3 Å². The van der Waals surface area contributed by atoms with E-state index in [9.17, 15) is 53.4 Å². The number of fused-ring (bicyclic) bond motifs is 5. The van der Waals surface area contributed by atoms with Crippen molar-refractivity contribution in [1.29, 1.82) is 0 Å². The van der Waals surface area contributed by atoms with Gasteiger partial charge >= 0.3 is 32.9 Å². The van der Waals surface area contributed by atoms with Crippen LogP contribution in [-0.2, 0) is 15.9 Å². The normalized spacial score (nSPS) is 11.0. The highest BCUT2D eigenvalue weighted by Gasteiger charge is 2.30. The highest BCUT2D eigenvalue weighted by atomic mass is 35.5. The Morgan fingerprint density at radius 3 is 1.07 bits per heavy atom. The zero-order valence-electron chi connectivity index (χ0n) is 69.3. The van der Waals surface area contributed by atoms with Crippen molar-refractivity contribution >= 4 is 122 Å². The molecule has 21 nitrogen and oxygen atoms in total. The third kappa shape index (κ3) is 20.4. The molecule has 0 atom stereocenters. The monoisotopic (exact) mass is 1720 g/mol. The van der Waals surface area contributed by atoms with Gasteiger partial charge in [-0.25, -0.2) is 24.9 Å². The van der Waals surface area contributed by atoms with Crippen LogP contribution in [0.3, 0.4) is 0 Å². The van der Waals surface area contributed by atoms with Gasteiger partial charge in [0.2, 0.25) is 5.88 Å². The van der Waals surface area contributed by atoms with Gasteiger partial charge in [0.1, 0.15) is 26.6 Å². The van der Waals surface area contributed by atoms with Crippen LogP contribution >= 0.6 is 35.1 Å². The van der Waals surface area contributed by atoms with E-state index in [-0.39, 0.29) is 47.7 Å². The molecule has 0 saturated carbocycles. The fourth-order valence-corrected chi connectivity index (χ4v) is 16.8. The van der Waals surface area contributed by atoms with E-state index >= 15 is 0 Å². The lowest BCUT2D eigenvalue weighted by Crippen LogP contribution is -2.04. The molecule has 12 aromatic carbocycles. The summed E-state index contributed by atoms with van der Waals surface area (Å²) in [6.07, 6.45) is 0. The number of methoxy groups -OCH3 is 1. The fraction of sp³-hybridized carbons (Fsp3) is 0.121. The molecule has 0 fully saturated rings. The van der Waals surface area contributed by atoms with Gasteiger partial charge in [-0.1, -0.05) is 285 Å². The summed E-state index contributed by atoms with van der Waals surface area (Å²) in [5.41, 5.74) is 17.4. The molecular weight excluding hydrogens is 1640 g/mol. The second-order valence-electron chi connectivity index (χ2n) is 29.9. The maximum Gasteiger partial charge on any atom is 0.312 e. The summed E-state index contributed by atoms with van der Waals surface area (Å²) in [4.78, 5) is 69.4. The molecule has 5 heterocycles. The molecule has 620 valence electrons. The van der Waals surface area contributed by atoms with Crippen molar-refractivity contribution in [2.75, 3.05) is 7.11 Å². The molecule has 0 bridgehead atoms. The zero-order chi connectivity index (χ0) is 88.4. The topological polar surface area (TPSA) is 301 Å². The predicted octanol–water partition coefficient (Wildman–Crippen LogP) is 26.6. The Labute approximate surface area is 729 Å². The number of benzene rings is 12. The number of thioether (sulfide) groups is 1. The number of nitro groups is 4. The number of aryl methyl sites for hydroxylation is 10. The van der Waals surface area contributed by atoms with Gasteiger partial charge in [0.05, 0.1) is 59.4 Å². The third-order valence-corrected chi connectivity index (χ3v) is 23.5. The summed E-state index contributed by atoms with van der Waals surface area (Å²) in [5.74, 6) is 1.15. The van der Waals surface area contributed by atoms with Crippen molar-refractivity contribution in [1.82, 2.24) is 24.9 Å². The number of hydrogen-bond acceptors (Lipinski definition) is 18. The molecule has 0 saturated heterocycles. The Hall–Kier alpha value is -14.0. The first-order chi connectivity index (χ1) is 59.4. The lowest BCUT2D eigenvalue weighted by molar-refractivity contribution is -0.382. The first-order valence-corrected chi connectivity index (χ1v) is 42.7. The smallest absolute Gasteiger partial charge is 0.312 e. The van der Waals surface area contributed by atoms with E-state index < -0.39 is 15.0 Å². The average Bonchev–Trinajstić information content (AvgIpc) is 0.728. The van der Waals surface area contributed by atoms with Gasteiger partial charge in [-0.2, -0.15) is 8.42 Å². The molecule has 0 amide bonds. The summed E-state index contributed by atoms with van der Waals surface area (Å²) < 4.78 is 38.3. The molecule has 124 heavy (non-hydrogen) atoms. The van der Waals surface area contributed by atoms with Crippen LogP contribution in [0.4, 0.5) is 22.7 Å². The summed E-state index contributed by atoms with van der Waals surface area (Å²) in [6.45, 7) is 19.6. The lowest BCUT2D eigenvalue weighted by atomic mass is 10.0. The molecule has 17 aromatic rings. The van der Waals surface area contributed by atoms with Crippen molar-refractivity contribution in [3.8, 4) is 62.2 Å². The van der Waals surface area contributed by atoms with E-state index in [1.807, 2.05) is 318 Å². The van der Waals surface area contributed by atoms with Gasteiger partial charge in [-0.05, 0) is 153 Å². The predicted molar refractivity (Wildman–Crippen MR) is 498 cm³/mol. The van der Waals surface area contributed by atoms with E-state index in [1.165, 1.54) is 24.4 Å². The number of nitrogens with zero attached hydrogens (tertiary/aromatic N) is 9. The third-order valence-electron chi connectivity index (χ3n) is 20.3. The average molecular weight is 1720 g/mol. The minimum atomic E-state index is -4.40. The maximum atomic E-state index is 12.0. The number of rotatable bonds is 16. The summed E-state index contributed by atoms with van der Waals surface area (Å²) >= 11 is 9.39. The number of ether oxygens (including phenoxy) is 1. The molecule has 5 aromatic heterocycles. The van der Waals surface area contributed by atoms with Crippen molar-refractivity contribution < 1.29 is 37.4 Å². The Morgan fingerprint density at radius 2 is 0.669 bits per heavy atom. The summed E-state index contributed by atoms with van der Waals surface area (Å²) in [6, 6.07) is 87.6. The van der Waals surface area contributed by atoms with Crippen LogP contribution in [0.2, 0.25) is 5.15 Å². The molecule has 0 aliphatic carbocycles. The standard InChI is InChI=1S/C24H20N2O2S.C23H18N2O2S.C18H16N2O3.C17H13ClN2O2.C17H15NO3S/c1-16-8-11-19(12-9-16)22-23(26(27)28)20-13-10-17(2)14-21(20)24(25-22)29-15-18-6-4-3-5-7-18;1-15-8-11-17(12-9-15)21-22(25(26)27)19-13-10-16(2)14-20(19)23(24-21)28-18-6-4-3-5-7-18;1-11-4-7-13(8-5-11)16-17(20(21)22)14-9-6-12(2)10-15(14)18(19-16)23-3;1-10-3-6-12(7-4-10)15-16(20(21)22)13-8-5-11(2)9-14(13)17(18)19-15;1-11-3-6-13(7-4-11)16-10-14-8-5-12(2)9-15(14)17(18-16)22(19,20)21/h3-14H,15H2,1-2H3;3-14H,1-2H3;4-10H,1-3H3;3-9H,1-2H3;3-10H,1-2H3,(H,19,20,21). The van der Waals surface area contributed by atoms with Crippen LogP contribution in [0.5, 0.6) is 5.88 Å². The molecule has 0 spiro atoms. The highest BCUT2D eigenvalue weighted by molar-refractivity contribution is 7.99. The number of aromatic nitrogens is 5. The fourth-order valence-electron chi connectivity index (χ4n) is 14.0. The molecule has 25 heteroatoms. The minimum absolute atomic E-state index is 0.00431. The summed E-state index contributed by atoms with van der Waals surface area (Å²) in [5, 5.41) is 55.1. The number of pyridine rings is 5. The van der Waals surface area contributed by atoms with E-state index in [0.717, 1.165) is 109 Å². The number of hydrogen-bond donors (Lipinski definition) is 1.